The van der Waals surface area contributed by atoms with Gasteiger partial charge in [0.05, 0.1) is 5.75 Å². The highest BCUT2D eigenvalue weighted by Crippen LogP contribution is 2.20. The van der Waals surface area contributed by atoms with Crippen LogP contribution in [0.5, 0.6) is 0 Å². The van der Waals surface area contributed by atoms with Crippen LogP contribution in [0.3, 0.4) is 0 Å². The molecule has 3 rings (SSSR count). The van der Waals surface area contributed by atoms with Crippen LogP contribution in [0.4, 0.5) is 5.69 Å². The summed E-state index contributed by atoms with van der Waals surface area (Å²) >= 11 is 0. The molecule has 122 valence electrons. The van der Waals surface area contributed by atoms with Crippen LogP contribution in [0.25, 0.3) is 0 Å². The molecule has 1 heterocycles. The number of anilines is 1. The fourth-order valence-electron chi connectivity index (χ4n) is 2.84. The van der Waals surface area contributed by atoms with Crippen molar-refractivity contribution in [1.29, 1.82) is 0 Å². The Bertz CT molecular complexity index is 721. The lowest BCUT2D eigenvalue weighted by molar-refractivity contribution is 0.580. The van der Waals surface area contributed by atoms with Gasteiger partial charge in [-0.3, -0.25) is 0 Å². The number of nitrogens with one attached hydrogen (secondary N) is 1. The lowest BCUT2D eigenvalue weighted by Gasteiger charge is -2.17. The number of rotatable bonds is 6. The minimum atomic E-state index is -3.32. The Morgan fingerprint density at radius 2 is 1.52 bits per heavy atom. The maximum atomic E-state index is 12.1. The van der Waals surface area contributed by atoms with Crippen molar-refractivity contribution in [3.8, 4) is 0 Å². The number of nitrogens with zero attached hydrogens (tertiary/aromatic N) is 1. The first-order valence-corrected chi connectivity index (χ1v) is 9.63. The Morgan fingerprint density at radius 3 is 2.17 bits per heavy atom. The number of hydrogen-bond acceptors (Lipinski definition) is 3. The number of hydrogen-bond donors (Lipinski definition) is 1. The van der Waals surface area contributed by atoms with Crippen LogP contribution in [0.1, 0.15) is 24.0 Å². The minimum Gasteiger partial charge on any atom is -0.372 e. The van der Waals surface area contributed by atoms with Crippen LogP contribution in [0, 0.1) is 0 Å². The minimum absolute atomic E-state index is 0.0136. The molecule has 1 saturated heterocycles. The summed E-state index contributed by atoms with van der Waals surface area (Å²) in [6.45, 7) is 2.56. The Labute approximate surface area is 138 Å². The third kappa shape index (κ3) is 4.56. The average molecular weight is 330 g/mol. The zero-order valence-corrected chi connectivity index (χ0v) is 13.9. The second-order valence-electron chi connectivity index (χ2n) is 5.93. The second-order valence-corrected chi connectivity index (χ2v) is 7.73. The van der Waals surface area contributed by atoms with Gasteiger partial charge in [0, 0.05) is 25.3 Å². The molecule has 0 amide bonds. The van der Waals surface area contributed by atoms with Gasteiger partial charge in [0.15, 0.2) is 0 Å². The fourth-order valence-corrected chi connectivity index (χ4v) is 3.96. The first-order chi connectivity index (χ1) is 11.1. The molecule has 0 unspecified atom stereocenters. The van der Waals surface area contributed by atoms with Crippen LogP contribution in [0.15, 0.2) is 54.6 Å². The Kier molecular flexibility index (Phi) is 4.98. The van der Waals surface area contributed by atoms with Gasteiger partial charge < -0.3 is 4.90 Å². The van der Waals surface area contributed by atoms with Gasteiger partial charge in [0.1, 0.15) is 0 Å². The van der Waals surface area contributed by atoms with Gasteiger partial charge in [-0.1, -0.05) is 42.5 Å². The number of sulfonamides is 1. The van der Waals surface area contributed by atoms with Crippen LogP contribution in [-0.2, 0) is 22.3 Å². The first kappa shape index (κ1) is 16.0. The molecule has 0 bridgehead atoms. The molecular formula is C18H22N2O2S. The summed E-state index contributed by atoms with van der Waals surface area (Å²) in [6.07, 6.45) is 2.50. The van der Waals surface area contributed by atoms with E-state index in [1.165, 1.54) is 18.5 Å². The van der Waals surface area contributed by atoms with Gasteiger partial charge in [-0.25, -0.2) is 13.1 Å². The molecule has 2 aromatic carbocycles. The summed E-state index contributed by atoms with van der Waals surface area (Å²) in [4.78, 5) is 2.36. The Balaban J connectivity index is 1.57. The smallest absolute Gasteiger partial charge is 0.216 e. The van der Waals surface area contributed by atoms with E-state index in [1.54, 1.807) is 0 Å². The molecule has 0 aliphatic carbocycles. The molecule has 0 spiro atoms. The van der Waals surface area contributed by atoms with Gasteiger partial charge in [-0.15, -0.1) is 0 Å². The summed E-state index contributed by atoms with van der Waals surface area (Å²) in [5.74, 6) is 0.0136. The van der Waals surface area contributed by atoms with Gasteiger partial charge in [0.25, 0.3) is 0 Å². The predicted molar refractivity (Wildman–Crippen MR) is 93.8 cm³/mol. The highest BCUT2D eigenvalue weighted by Gasteiger charge is 2.13. The molecule has 0 atom stereocenters. The van der Waals surface area contributed by atoms with E-state index < -0.39 is 10.0 Å². The third-order valence-corrected chi connectivity index (χ3v) is 5.40. The van der Waals surface area contributed by atoms with Gasteiger partial charge >= 0.3 is 0 Å². The van der Waals surface area contributed by atoms with Gasteiger partial charge in [0.2, 0.25) is 10.0 Å². The van der Waals surface area contributed by atoms with Gasteiger partial charge in [-0.2, -0.15) is 0 Å². The van der Waals surface area contributed by atoms with Crippen LogP contribution in [-0.4, -0.2) is 21.5 Å². The lowest BCUT2D eigenvalue weighted by Crippen LogP contribution is -2.24. The van der Waals surface area contributed by atoms with E-state index in [-0.39, 0.29) is 5.75 Å². The summed E-state index contributed by atoms with van der Waals surface area (Å²) in [5, 5.41) is 0. The van der Waals surface area contributed by atoms with Crippen LogP contribution >= 0.6 is 0 Å². The summed E-state index contributed by atoms with van der Waals surface area (Å²) in [6, 6.07) is 17.4. The predicted octanol–water partition coefficient (Wildman–Crippen LogP) is 2.91. The number of benzene rings is 2. The highest BCUT2D eigenvalue weighted by atomic mass is 32.2. The lowest BCUT2D eigenvalue weighted by atomic mass is 10.2. The van der Waals surface area contributed by atoms with Crippen molar-refractivity contribution in [3.05, 3.63) is 65.7 Å². The second kappa shape index (κ2) is 7.15. The van der Waals surface area contributed by atoms with Crippen molar-refractivity contribution in [2.24, 2.45) is 0 Å². The molecule has 0 saturated carbocycles. The van der Waals surface area contributed by atoms with Crippen molar-refractivity contribution in [1.82, 2.24) is 4.72 Å². The van der Waals surface area contributed by atoms with E-state index in [0.717, 1.165) is 24.2 Å². The molecule has 2 aromatic rings. The molecule has 5 heteroatoms. The van der Waals surface area contributed by atoms with Gasteiger partial charge in [-0.05, 0) is 36.1 Å². The molecule has 1 N–H and O–H groups in total. The fraction of sp³-hybridized carbons (Fsp3) is 0.333. The van der Waals surface area contributed by atoms with Crippen molar-refractivity contribution in [2.45, 2.75) is 25.1 Å². The van der Waals surface area contributed by atoms with E-state index in [2.05, 4.69) is 21.8 Å². The first-order valence-electron chi connectivity index (χ1n) is 7.97. The van der Waals surface area contributed by atoms with E-state index in [0.29, 0.717) is 6.54 Å². The molecule has 1 aliphatic heterocycles. The van der Waals surface area contributed by atoms with E-state index in [9.17, 15) is 8.42 Å². The topological polar surface area (TPSA) is 49.4 Å². The van der Waals surface area contributed by atoms with E-state index in [4.69, 9.17) is 0 Å². The summed E-state index contributed by atoms with van der Waals surface area (Å²) in [7, 11) is -3.32. The quantitative estimate of drug-likeness (QED) is 0.886. The summed E-state index contributed by atoms with van der Waals surface area (Å²) < 4.78 is 26.9. The molecule has 4 nitrogen and oxygen atoms in total. The van der Waals surface area contributed by atoms with E-state index >= 15 is 0 Å². The maximum Gasteiger partial charge on any atom is 0.216 e. The molecule has 1 fully saturated rings. The molecule has 23 heavy (non-hydrogen) atoms. The third-order valence-electron chi connectivity index (χ3n) is 4.10. The largest absolute Gasteiger partial charge is 0.372 e. The normalized spacial score (nSPS) is 15.0. The zero-order valence-electron chi connectivity index (χ0n) is 13.1. The molecule has 0 radical (unpaired) electrons. The zero-order chi connectivity index (χ0) is 16.1. The molecule has 0 aromatic heterocycles. The summed E-state index contributed by atoms with van der Waals surface area (Å²) in [5.41, 5.74) is 2.99. The van der Waals surface area contributed by atoms with Crippen molar-refractivity contribution in [3.63, 3.8) is 0 Å². The Morgan fingerprint density at radius 1 is 0.870 bits per heavy atom. The van der Waals surface area contributed by atoms with Crippen LogP contribution < -0.4 is 9.62 Å². The molecular weight excluding hydrogens is 308 g/mol. The SMILES string of the molecule is O=S(=O)(Cc1ccccc1)NCc1ccc(N2CCCC2)cc1. The van der Waals surface area contributed by atoms with Crippen LogP contribution in [0.2, 0.25) is 0 Å². The monoisotopic (exact) mass is 330 g/mol. The standard InChI is InChI=1S/C18H22N2O2S/c21-23(22,15-17-6-2-1-3-7-17)19-14-16-8-10-18(11-9-16)20-12-4-5-13-20/h1-3,6-11,19H,4-5,12-15H2. The maximum absolute atomic E-state index is 12.1. The highest BCUT2D eigenvalue weighted by molar-refractivity contribution is 7.88. The average Bonchev–Trinajstić information content (AvgIpc) is 3.09. The van der Waals surface area contributed by atoms with Crippen molar-refractivity contribution in [2.75, 3.05) is 18.0 Å². The Hall–Kier alpha value is -1.85. The van der Waals surface area contributed by atoms with E-state index in [1.807, 2.05) is 42.5 Å². The molecule has 1 aliphatic rings. The van der Waals surface area contributed by atoms with Crippen molar-refractivity contribution < 1.29 is 8.42 Å². The van der Waals surface area contributed by atoms with Crippen molar-refractivity contribution >= 4 is 15.7 Å².